The second kappa shape index (κ2) is 8.20. The molecule has 0 aliphatic carbocycles. The summed E-state index contributed by atoms with van der Waals surface area (Å²) in [6.45, 7) is 5.60. The summed E-state index contributed by atoms with van der Waals surface area (Å²) in [5.74, 6) is 2.78. The predicted octanol–water partition coefficient (Wildman–Crippen LogP) is 4.30. The van der Waals surface area contributed by atoms with E-state index in [-0.39, 0.29) is 0 Å². The van der Waals surface area contributed by atoms with Crippen molar-refractivity contribution in [1.82, 2.24) is 19.9 Å². The summed E-state index contributed by atoms with van der Waals surface area (Å²) in [4.78, 5) is 24.2. The molecule has 5 rings (SSSR count). The molecule has 5 heterocycles. The number of rotatable bonds is 4. The van der Waals surface area contributed by atoms with Crippen LogP contribution in [-0.4, -0.2) is 46.1 Å². The molecular formula is C23H22N6S. The van der Waals surface area contributed by atoms with E-state index in [0.717, 1.165) is 60.5 Å². The fourth-order valence-corrected chi connectivity index (χ4v) is 4.43. The maximum absolute atomic E-state index is 4.72. The molecule has 0 amide bonds. The molecule has 1 aliphatic rings. The Balaban J connectivity index is 1.38. The molecule has 1 aliphatic heterocycles. The van der Waals surface area contributed by atoms with Gasteiger partial charge in [0.15, 0.2) is 0 Å². The van der Waals surface area contributed by atoms with E-state index in [0.29, 0.717) is 0 Å². The van der Waals surface area contributed by atoms with Crippen LogP contribution in [0.5, 0.6) is 0 Å². The number of hydrogen-bond acceptors (Lipinski definition) is 7. The fraction of sp³-hybridized carbons (Fsp3) is 0.217. The summed E-state index contributed by atoms with van der Waals surface area (Å²) in [6, 6.07) is 14.5. The van der Waals surface area contributed by atoms with Gasteiger partial charge in [-0.3, -0.25) is 4.98 Å². The minimum absolute atomic E-state index is 0.774. The van der Waals surface area contributed by atoms with E-state index >= 15 is 0 Å². The topological polar surface area (TPSA) is 58.0 Å². The molecule has 0 atom stereocenters. The highest BCUT2D eigenvalue weighted by Crippen LogP contribution is 2.29. The molecule has 0 aromatic carbocycles. The number of aryl methyl sites for hydroxylation is 1. The Hall–Kier alpha value is -3.32. The standard InChI is InChI=1S/C23H22N6S/c1-17-26-20(18-13-19(16-24-15-18)21-5-4-12-30-21)14-23(27-17)29-10-8-28(9-11-29)22-6-2-3-7-25-22/h2-7,12-16H,8-11H2,1H3. The monoisotopic (exact) mass is 414 g/mol. The Morgan fingerprint density at radius 3 is 2.37 bits per heavy atom. The van der Waals surface area contributed by atoms with E-state index in [9.17, 15) is 0 Å². The number of aromatic nitrogens is 4. The molecule has 0 N–H and O–H groups in total. The minimum atomic E-state index is 0.774. The van der Waals surface area contributed by atoms with Crippen LogP contribution in [0.25, 0.3) is 21.7 Å². The van der Waals surface area contributed by atoms with Crippen LogP contribution in [0.4, 0.5) is 11.6 Å². The first-order valence-corrected chi connectivity index (χ1v) is 10.9. The lowest BCUT2D eigenvalue weighted by Crippen LogP contribution is -2.47. The molecule has 0 bridgehead atoms. The Bertz CT molecular complexity index is 1120. The van der Waals surface area contributed by atoms with Crippen molar-refractivity contribution in [2.75, 3.05) is 36.0 Å². The van der Waals surface area contributed by atoms with Crippen molar-refractivity contribution in [2.45, 2.75) is 6.92 Å². The van der Waals surface area contributed by atoms with E-state index in [1.54, 1.807) is 11.3 Å². The average molecular weight is 415 g/mol. The minimum Gasteiger partial charge on any atom is -0.353 e. The van der Waals surface area contributed by atoms with Crippen LogP contribution in [0.2, 0.25) is 0 Å². The molecule has 6 nitrogen and oxygen atoms in total. The SMILES string of the molecule is Cc1nc(-c2cncc(-c3cccs3)c2)cc(N2CCN(c3ccccn3)CC2)n1. The van der Waals surface area contributed by atoms with E-state index in [4.69, 9.17) is 4.98 Å². The smallest absolute Gasteiger partial charge is 0.132 e. The van der Waals surface area contributed by atoms with Gasteiger partial charge in [0.1, 0.15) is 17.5 Å². The summed E-state index contributed by atoms with van der Waals surface area (Å²) in [5.41, 5.74) is 3.04. The van der Waals surface area contributed by atoms with Crippen LogP contribution in [-0.2, 0) is 0 Å². The fourth-order valence-electron chi connectivity index (χ4n) is 3.72. The van der Waals surface area contributed by atoms with Gasteiger partial charge in [-0.1, -0.05) is 12.1 Å². The van der Waals surface area contributed by atoms with Gasteiger partial charge >= 0.3 is 0 Å². The van der Waals surface area contributed by atoms with E-state index < -0.39 is 0 Å². The lowest BCUT2D eigenvalue weighted by molar-refractivity contribution is 0.640. The number of hydrogen-bond donors (Lipinski definition) is 0. The van der Waals surface area contributed by atoms with Crippen molar-refractivity contribution in [1.29, 1.82) is 0 Å². The molecular weight excluding hydrogens is 392 g/mol. The third-order valence-corrected chi connectivity index (χ3v) is 6.16. The van der Waals surface area contributed by atoms with E-state index in [2.05, 4.69) is 60.5 Å². The van der Waals surface area contributed by atoms with Gasteiger partial charge in [-0.05, 0) is 36.6 Å². The van der Waals surface area contributed by atoms with Crippen molar-refractivity contribution in [3.63, 3.8) is 0 Å². The zero-order valence-corrected chi connectivity index (χ0v) is 17.6. The molecule has 30 heavy (non-hydrogen) atoms. The summed E-state index contributed by atoms with van der Waals surface area (Å²) in [5, 5.41) is 2.08. The van der Waals surface area contributed by atoms with Gasteiger partial charge < -0.3 is 9.80 Å². The van der Waals surface area contributed by atoms with Crippen molar-refractivity contribution in [2.24, 2.45) is 0 Å². The van der Waals surface area contributed by atoms with Crippen LogP contribution >= 0.6 is 11.3 Å². The van der Waals surface area contributed by atoms with Crippen LogP contribution in [0, 0.1) is 6.92 Å². The Labute approximate surface area is 179 Å². The van der Waals surface area contributed by atoms with Crippen LogP contribution in [0.3, 0.4) is 0 Å². The largest absolute Gasteiger partial charge is 0.353 e. The highest BCUT2D eigenvalue weighted by atomic mass is 32.1. The highest BCUT2D eigenvalue weighted by molar-refractivity contribution is 7.13. The first-order chi connectivity index (χ1) is 14.8. The number of thiophene rings is 1. The van der Waals surface area contributed by atoms with Crippen molar-refractivity contribution < 1.29 is 0 Å². The van der Waals surface area contributed by atoms with Crippen LogP contribution in [0.1, 0.15) is 5.82 Å². The summed E-state index contributed by atoms with van der Waals surface area (Å²) in [7, 11) is 0. The molecule has 7 heteroatoms. The quantitative estimate of drug-likeness (QED) is 0.496. The van der Waals surface area contributed by atoms with Gasteiger partial charge in [0.2, 0.25) is 0 Å². The van der Waals surface area contributed by atoms with Crippen molar-refractivity contribution in [3.8, 4) is 21.7 Å². The molecule has 4 aromatic rings. The van der Waals surface area contributed by atoms with Gasteiger partial charge in [0.25, 0.3) is 0 Å². The summed E-state index contributed by atoms with van der Waals surface area (Å²) in [6.07, 6.45) is 5.63. The van der Waals surface area contributed by atoms with Gasteiger partial charge in [-0.2, -0.15) is 0 Å². The molecule has 150 valence electrons. The number of nitrogens with zero attached hydrogens (tertiary/aromatic N) is 6. The molecule has 1 saturated heterocycles. The van der Waals surface area contributed by atoms with Crippen molar-refractivity contribution in [3.05, 3.63) is 72.3 Å². The summed E-state index contributed by atoms with van der Waals surface area (Å²) >= 11 is 1.72. The zero-order chi connectivity index (χ0) is 20.3. The van der Waals surface area contributed by atoms with Gasteiger partial charge in [-0.25, -0.2) is 15.0 Å². The van der Waals surface area contributed by atoms with Gasteiger partial charge in [0, 0.05) is 66.8 Å². The lowest BCUT2D eigenvalue weighted by atomic mass is 10.1. The average Bonchev–Trinajstić information content (AvgIpc) is 3.35. The second-order valence-electron chi connectivity index (χ2n) is 7.26. The molecule has 1 fully saturated rings. The Morgan fingerprint density at radius 1 is 0.833 bits per heavy atom. The predicted molar refractivity (Wildman–Crippen MR) is 122 cm³/mol. The highest BCUT2D eigenvalue weighted by Gasteiger charge is 2.20. The summed E-state index contributed by atoms with van der Waals surface area (Å²) < 4.78 is 0. The van der Waals surface area contributed by atoms with Gasteiger partial charge in [0.05, 0.1) is 5.69 Å². The number of pyridine rings is 2. The van der Waals surface area contributed by atoms with Crippen molar-refractivity contribution >= 4 is 23.0 Å². The molecule has 4 aromatic heterocycles. The number of piperazine rings is 1. The molecule has 0 radical (unpaired) electrons. The van der Waals surface area contributed by atoms with Gasteiger partial charge in [-0.15, -0.1) is 11.3 Å². The normalized spacial score (nSPS) is 14.2. The molecule has 0 unspecified atom stereocenters. The maximum atomic E-state index is 4.72. The van der Waals surface area contributed by atoms with Crippen LogP contribution < -0.4 is 9.80 Å². The van der Waals surface area contributed by atoms with E-state index in [1.807, 2.05) is 37.6 Å². The third kappa shape index (κ3) is 3.89. The molecule has 0 spiro atoms. The molecule has 0 saturated carbocycles. The number of anilines is 2. The Morgan fingerprint density at radius 2 is 1.63 bits per heavy atom. The second-order valence-corrected chi connectivity index (χ2v) is 8.21. The Kier molecular flexibility index (Phi) is 5.11. The first kappa shape index (κ1) is 18.7. The van der Waals surface area contributed by atoms with E-state index in [1.165, 1.54) is 4.88 Å². The first-order valence-electron chi connectivity index (χ1n) is 10.0. The zero-order valence-electron chi connectivity index (χ0n) is 16.8. The third-order valence-electron chi connectivity index (χ3n) is 5.24. The lowest BCUT2D eigenvalue weighted by Gasteiger charge is -2.36. The van der Waals surface area contributed by atoms with Crippen LogP contribution in [0.15, 0.2) is 66.4 Å². The maximum Gasteiger partial charge on any atom is 0.132 e.